The molecule has 7 nitrogen and oxygen atoms in total. The number of amides is 1. The zero-order chi connectivity index (χ0) is 25.5. The zero-order valence-electron chi connectivity index (χ0n) is 21.5. The molecule has 3 aromatic rings. The first-order chi connectivity index (χ1) is 18.7. The number of anilines is 2. The van der Waals surface area contributed by atoms with Crippen LogP contribution in [0.2, 0.25) is 0 Å². The number of nitrogens with zero attached hydrogens (tertiary/aromatic N) is 2. The topological polar surface area (TPSA) is 66.1 Å². The van der Waals surface area contributed by atoms with Gasteiger partial charge in [-0.25, -0.2) is 0 Å². The molecule has 2 N–H and O–H groups in total. The molecular formula is C31H32N4O3. The molecule has 4 saturated heterocycles. The van der Waals surface area contributed by atoms with E-state index in [4.69, 9.17) is 9.47 Å². The van der Waals surface area contributed by atoms with Crippen molar-refractivity contribution in [1.82, 2.24) is 9.80 Å². The van der Waals surface area contributed by atoms with E-state index < -0.39 is 11.3 Å². The average molecular weight is 509 g/mol. The number of hydrogen-bond donors (Lipinski definition) is 2. The Morgan fingerprint density at radius 2 is 1.84 bits per heavy atom. The number of carbonyl (C=O) groups is 1. The van der Waals surface area contributed by atoms with Crippen molar-refractivity contribution in [3.8, 4) is 5.75 Å². The van der Waals surface area contributed by atoms with Crippen molar-refractivity contribution in [3.63, 3.8) is 0 Å². The van der Waals surface area contributed by atoms with Crippen LogP contribution in [0.1, 0.15) is 24.0 Å². The van der Waals surface area contributed by atoms with Crippen LogP contribution < -0.4 is 15.4 Å². The standard InChI is InChI=1S/C31H32N4O3/c1-37-22-15-13-21(14-16-22)33-31-27-18-25-29(36)34(17-7-10-20-8-3-2-4-9-20)19-26(35(25)31)28-30(31,38-27)23-11-5-6-12-24(23)32-28/h2-6,8-9,11-16,25-28,32-33H,7,10,17-19H2,1H3/t25-,26-,27?,28?,30?,31?/m0/s1. The van der Waals surface area contributed by atoms with Crippen molar-refractivity contribution < 1.29 is 14.3 Å². The molecule has 0 radical (unpaired) electrons. The van der Waals surface area contributed by atoms with E-state index in [2.05, 4.69) is 87.2 Å². The molecule has 5 aliphatic heterocycles. The predicted octanol–water partition coefficient (Wildman–Crippen LogP) is 3.82. The fourth-order valence-electron chi connectivity index (χ4n) is 8.08. The van der Waals surface area contributed by atoms with Gasteiger partial charge in [0.05, 0.1) is 25.2 Å². The predicted molar refractivity (Wildman–Crippen MR) is 145 cm³/mol. The molecule has 3 aromatic carbocycles. The molecule has 1 spiro atoms. The Bertz CT molecular complexity index is 1400. The number of nitrogens with one attached hydrogen (secondary N) is 2. The van der Waals surface area contributed by atoms with E-state index in [1.807, 2.05) is 12.1 Å². The van der Waals surface area contributed by atoms with E-state index in [0.29, 0.717) is 13.0 Å². The third-order valence-electron chi connectivity index (χ3n) is 9.52. The Hall–Kier alpha value is -3.55. The summed E-state index contributed by atoms with van der Waals surface area (Å²) in [5.41, 5.74) is 3.65. The smallest absolute Gasteiger partial charge is 0.240 e. The van der Waals surface area contributed by atoms with Gasteiger partial charge in [0, 0.05) is 36.4 Å². The Kier molecular flexibility index (Phi) is 4.71. The van der Waals surface area contributed by atoms with Crippen LogP contribution >= 0.6 is 0 Å². The molecule has 0 aliphatic carbocycles. The number of hydrogen-bond acceptors (Lipinski definition) is 6. The van der Waals surface area contributed by atoms with Gasteiger partial charge in [-0.05, 0) is 48.7 Å². The summed E-state index contributed by atoms with van der Waals surface area (Å²) >= 11 is 0. The summed E-state index contributed by atoms with van der Waals surface area (Å²) in [5.74, 6) is 1.07. The summed E-state index contributed by atoms with van der Waals surface area (Å²) in [5, 5.41) is 7.77. The molecule has 8 rings (SSSR count). The summed E-state index contributed by atoms with van der Waals surface area (Å²) in [7, 11) is 1.68. The van der Waals surface area contributed by atoms with Crippen LogP contribution in [0.4, 0.5) is 11.4 Å². The van der Waals surface area contributed by atoms with Gasteiger partial charge in [-0.15, -0.1) is 0 Å². The molecule has 7 heteroatoms. The maximum Gasteiger partial charge on any atom is 0.240 e. The van der Waals surface area contributed by atoms with Crippen molar-refractivity contribution in [1.29, 1.82) is 0 Å². The second-order valence-corrected chi connectivity index (χ2v) is 11.2. The maximum atomic E-state index is 13.9. The highest BCUT2D eigenvalue weighted by atomic mass is 16.6. The minimum absolute atomic E-state index is 0.0643. The molecule has 6 atom stereocenters. The van der Waals surface area contributed by atoms with Gasteiger partial charge >= 0.3 is 0 Å². The lowest BCUT2D eigenvalue weighted by Gasteiger charge is -2.59. The highest BCUT2D eigenvalue weighted by Gasteiger charge is 2.87. The third kappa shape index (κ3) is 2.73. The van der Waals surface area contributed by atoms with Gasteiger partial charge in [0.15, 0.2) is 11.3 Å². The highest BCUT2D eigenvalue weighted by molar-refractivity contribution is 5.86. The van der Waals surface area contributed by atoms with Crippen LogP contribution in [0.5, 0.6) is 5.75 Å². The lowest BCUT2D eigenvalue weighted by atomic mass is 9.71. The number of para-hydroxylation sites is 1. The lowest BCUT2D eigenvalue weighted by molar-refractivity contribution is -0.267. The molecular weight excluding hydrogens is 476 g/mol. The number of aryl methyl sites for hydroxylation is 1. The molecule has 38 heavy (non-hydrogen) atoms. The molecule has 1 amide bonds. The van der Waals surface area contributed by atoms with Gasteiger partial charge in [0.25, 0.3) is 0 Å². The van der Waals surface area contributed by atoms with Gasteiger partial charge in [-0.1, -0.05) is 48.5 Å². The summed E-state index contributed by atoms with van der Waals surface area (Å²) in [6, 6.07) is 27.2. The van der Waals surface area contributed by atoms with E-state index in [1.54, 1.807) is 7.11 Å². The number of fused-ring (bicyclic) bond motifs is 2. The van der Waals surface area contributed by atoms with Crippen LogP contribution in [-0.2, 0) is 21.6 Å². The fourth-order valence-corrected chi connectivity index (χ4v) is 8.08. The summed E-state index contributed by atoms with van der Waals surface area (Å²) in [6.45, 7) is 1.49. The minimum atomic E-state index is -0.548. The normalized spacial score (nSPS) is 33.7. The molecule has 4 unspecified atom stereocenters. The number of ether oxygens (including phenoxy) is 2. The molecule has 0 saturated carbocycles. The van der Waals surface area contributed by atoms with Crippen molar-refractivity contribution >= 4 is 17.3 Å². The first kappa shape index (κ1) is 22.4. The quantitative estimate of drug-likeness (QED) is 0.506. The van der Waals surface area contributed by atoms with Gasteiger partial charge in [-0.3, -0.25) is 9.69 Å². The summed E-state index contributed by atoms with van der Waals surface area (Å²) in [6.07, 6.45) is 2.59. The van der Waals surface area contributed by atoms with Crippen LogP contribution in [0.3, 0.4) is 0 Å². The molecule has 0 bridgehead atoms. The summed E-state index contributed by atoms with van der Waals surface area (Å²) in [4.78, 5) is 18.6. The number of carbonyl (C=O) groups excluding carboxylic acids is 1. The van der Waals surface area contributed by atoms with Gasteiger partial charge < -0.3 is 25.0 Å². The Balaban J connectivity index is 1.15. The average Bonchev–Trinajstić information content (AvgIpc) is 3.48. The fraction of sp³-hybridized carbons (Fsp3) is 0.387. The van der Waals surface area contributed by atoms with E-state index >= 15 is 0 Å². The van der Waals surface area contributed by atoms with E-state index in [9.17, 15) is 4.79 Å². The van der Waals surface area contributed by atoms with Gasteiger partial charge in [0.2, 0.25) is 5.91 Å². The van der Waals surface area contributed by atoms with Gasteiger partial charge in [0.1, 0.15) is 11.9 Å². The molecule has 194 valence electrons. The first-order valence-electron chi connectivity index (χ1n) is 13.7. The molecule has 4 fully saturated rings. The molecule has 5 aliphatic rings. The van der Waals surface area contributed by atoms with Crippen molar-refractivity contribution in [2.24, 2.45) is 0 Å². The second kappa shape index (κ2) is 7.98. The van der Waals surface area contributed by atoms with Gasteiger partial charge in [-0.2, -0.15) is 0 Å². The van der Waals surface area contributed by atoms with Crippen molar-refractivity contribution in [2.45, 2.75) is 54.8 Å². The molecule has 0 aromatic heterocycles. The monoisotopic (exact) mass is 508 g/mol. The van der Waals surface area contributed by atoms with Crippen molar-refractivity contribution in [3.05, 3.63) is 90.0 Å². The Morgan fingerprint density at radius 1 is 1.05 bits per heavy atom. The Morgan fingerprint density at radius 3 is 2.66 bits per heavy atom. The highest BCUT2D eigenvalue weighted by Crippen LogP contribution is 2.70. The second-order valence-electron chi connectivity index (χ2n) is 11.2. The van der Waals surface area contributed by atoms with E-state index in [0.717, 1.165) is 36.5 Å². The van der Waals surface area contributed by atoms with E-state index in [-0.39, 0.29) is 30.1 Å². The summed E-state index contributed by atoms with van der Waals surface area (Å²) < 4.78 is 12.3. The van der Waals surface area contributed by atoms with E-state index in [1.165, 1.54) is 11.1 Å². The Labute approximate surface area is 222 Å². The third-order valence-corrected chi connectivity index (χ3v) is 9.52. The van der Waals surface area contributed by atoms with Crippen LogP contribution in [0, 0.1) is 0 Å². The largest absolute Gasteiger partial charge is 0.497 e. The zero-order valence-corrected chi connectivity index (χ0v) is 21.5. The van der Waals surface area contributed by atoms with Crippen LogP contribution in [0.15, 0.2) is 78.9 Å². The van der Waals surface area contributed by atoms with Crippen molar-refractivity contribution in [2.75, 3.05) is 30.8 Å². The SMILES string of the molecule is COc1ccc(NC23C4C[C@H]5C(=O)N(CCCc6ccccc6)C[C@@H](C6Nc7ccccc7C62O4)N53)cc1. The first-order valence-corrected chi connectivity index (χ1v) is 13.7. The minimum Gasteiger partial charge on any atom is -0.497 e. The van der Waals surface area contributed by atoms with Crippen LogP contribution in [0.25, 0.3) is 0 Å². The lowest BCUT2D eigenvalue weighted by Crippen LogP contribution is -2.77. The number of benzene rings is 3. The van der Waals surface area contributed by atoms with Crippen LogP contribution in [-0.4, -0.2) is 65.8 Å². The maximum absolute atomic E-state index is 13.9. The number of methoxy groups -OCH3 is 1. The number of piperazine rings is 1. The molecule has 5 heterocycles. The number of rotatable bonds is 7.